The van der Waals surface area contributed by atoms with Gasteiger partial charge in [0.2, 0.25) is 0 Å². The fraction of sp³-hybridized carbons (Fsp3) is 0.242. The van der Waals surface area contributed by atoms with Crippen molar-refractivity contribution < 1.29 is 13.2 Å². The monoisotopic (exact) mass is 553 g/mol. The van der Waals surface area contributed by atoms with Crippen molar-refractivity contribution in [2.24, 2.45) is 0 Å². The smallest absolute Gasteiger partial charge is 0.264 e. The maximum atomic E-state index is 13.9. The first-order valence-electron chi connectivity index (χ1n) is 13.7. The average molecular weight is 554 g/mol. The van der Waals surface area contributed by atoms with Crippen molar-refractivity contribution >= 4 is 21.6 Å². The van der Waals surface area contributed by atoms with E-state index in [0.29, 0.717) is 17.8 Å². The predicted molar refractivity (Wildman–Crippen MR) is 160 cm³/mol. The van der Waals surface area contributed by atoms with Gasteiger partial charge in [0.05, 0.1) is 22.7 Å². The van der Waals surface area contributed by atoms with Crippen LogP contribution >= 0.6 is 0 Å². The Morgan fingerprint density at radius 2 is 1.40 bits per heavy atom. The van der Waals surface area contributed by atoms with E-state index < -0.39 is 10.0 Å². The summed E-state index contributed by atoms with van der Waals surface area (Å²) in [6.45, 7) is 5.61. The molecule has 0 unspecified atom stereocenters. The number of rotatable bonds is 10. The highest BCUT2D eigenvalue weighted by Crippen LogP contribution is 2.29. The number of amides is 1. The maximum Gasteiger partial charge on any atom is 0.264 e. The maximum absolute atomic E-state index is 13.9. The quantitative estimate of drug-likeness (QED) is 0.265. The number of sulfonamides is 1. The molecular weight excluding hydrogens is 518 g/mol. The number of hydrogen-bond donors (Lipinski definition) is 1. The topological polar surface area (TPSA) is 69.7 Å². The van der Waals surface area contributed by atoms with Crippen LogP contribution in [0.2, 0.25) is 0 Å². The van der Waals surface area contributed by atoms with Crippen molar-refractivity contribution in [2.45, 2.75) is 44.3 Å². The van der Waals surface area contributed by atoms with Crippen LogP contribution in [0, 0.1) is 6.92 Å². The molecule has 5 rings (SSSR count). The van der Waals surface area contributed by atoms with Gasteiger partial charge in [-0.1, -0.05) is 84.4 Å². The number of nitrogens with zero attached hydrogens (tertiary/aromatic N) is 2. The summed E-state index contributed by atoms with van der Waals surface area (Å²) in [7, 11) is -3.96. The molecule has 0 bridgehead atoms. The molecule has 0 aromatic heterocycles. The first-order chi connectivity index (χ1) is 19.4. The predicted octanol–water partition coefficient (Wildman–Crippen LogP) is 5.92. The Hall–Kier alpha value is -3.94. The molecule has 0 radical (unpaired) electrons. The van der Waals surface area contributed by atoms with Crippen LogP contribution in [0.15, 0.2) is 108 Å². The second-order valence-electron chi connectivity index (χ2n) is 10.3. The molecule has 1 saturated heterocycles. The summed E-state index contributed by atoms with van der Waals surface area (Å²) < 4.78 is 29.2. The Labute approximate surface area is 237 Å². The third kappa shape index (κ3) is 6.61. The lowest BCUT2D eigenvalue weighted by molar-refractivity contribution is 0.0951. The largest absolute Gasteiger partial charge is 0.348 e. The highest BCUT2D eigenvalue weighted by Gasteiger charge is 2.28. The zero-order valence-electron chi connectivity index (χ0n) is 22.8. The van der Waals surface area contributed by atoms with Crippen LogP contribution in [0.5, 0.6) is 0 Å². The summed E-state index contributed by atoms with van der Waals surface area (Å²) in [6.07, 6.45) is 2.53. The molecule has 0 spiro atoms. The van der Waals surface area contributed by atoms with Crippen LogP contribution < -0.4 is 9.62 Å². The van der Waals surface area contributed by atoms with Crippen LogP contribution in [-0.4, -0.2) is 32.3 Å². The van der Waals surface area contributed by atoms with Crippen molar-refractivity contribution in [1.29, 1.82) is 0 Å². The molecule has 1 amide bonds. The Morgan fingerprint density at radius 1 is 0.775 bits per heavy atom. The van der Waals surface area contributed by atoms with Gasteiger partial charge in [-0.3, -0.25) is 14.0 Å². The van der Waals surface area contributed by atoms with Crippen molar-refractivity contribution in [3.05, 3.63) is 131 Å². The molecule has 1 heterocycles. The Morgan fingerprint density at radius 3 is 2.10 bits per heavy atom. The van der Waals surface area contributed by atoms with Crippen molar-refractivity contribution in [1.82, 2.24) is 10.2 Å². The van der Waals surface area contributed by atoms with Gasteiger partial charge in [-0.15, -0.1) is 0 Å². The van der Waals surface area contributed by atoms with E-state index in [4.69, 9.17) is 0 Å². The van der Waals surface area contributed by atoms with Gasteiger partial charge in [0, 0.05) is 13.1 Å². The normalized spacial score (nSPS) is 13.7. The minimum absolute atomic E-state index is 0.0970. The van der Waals surface area contributed by atoms with E-state index in [1.807, 2.05) is 49.4 Å². The molecular formula is C33H35N3O3S. The molecule has 1 aliphatic heterocycles. The van der Waals surface area contributed by atoms with Crippen molar-refractivity contribution in [3.63, 3.8) is 0 Å². The van der Waals surface area contributed by atoms with Gasteiger partial charge in [-0.2, -0.15) is 0 Å². The SMILES string of the molecule is Cc1ccc(S(=O)(=O)N(Cc2ccccc2)c2ccccc2C(=O)NCc2ccc(CN3CCCC3)cc2)cc1. The van der Waals surface area contributed by atoms with Gasteiger partial charge in [0.15, 0.2) is 0 Å². The number of hydrogen-bond acceptors (Lipinski definition) is 4. The third-order valence-electron chi connectivity index (χ3n) is 7.28. The molecule has 206 valence electrons. The molecule has 4 aromatic carbocycles. The summed E-state index contributed by atoms with van der Waals surface area (Å²) >= 11 is 0. The summed E-state index contributed by atoms with van der Waals surface area (Å²) in [4.78, 5) is 16.1. The van der Waals surface area contributed by atoms with Crippen molar-refractivity contribution in [3.8, 4) is 0 Å². The molecule has 1 aliphatic rings. The number of nitrogens with one attached hydrogen (secondary N) is 1. The first kappa shape index (κ1) is 27.6. The summed E-state index contributed by atoms with van der Waals surface area (Å²) in [5.74, 6) is -0.325. The van der Waals surface area contributed by atoms with Gasteiger partial charge >= 0.3 is 0 Å². The second-order valence-corrected chi connectivity index (χ2v) is 12.2. The van der Waals surface area contributed by atoms with E-state index in [9.17, 15) is 13.2 Å². The number of carbonyl (C=O) groups is 1. The standard InChI is InChI=1S/C33H35N3O3S/c1-26-13-19-30(20-14-26)40(38,39)36(25-28-9-3-2-4-10-28)32-12-6-5-11-31(32)33(37)34-23-27-15-17-29(18-16-27)24-35-21-7-8-22-35/h2-6,9-20H,7-8,21-25H2,1H3,(H,34,37). The number of carbonyl (C=O) groups excluding carboxylic acids is 1. The van der Waals surface area contributed by atoms with E-state index in [1.54, 1.807) is 48.5 Å². The van der Waals surface area contributed by atoms with E-state index in [1.165, 1.54) is 22.7 Å². The molecule has 0 atom stereocenters. The lowest BCUT2D eigenvalue weighted by atomic mass is 10.1. The zero-order chi connectivity index (χ0) is 28.0. The molecule has 1 fully saturated rings. The van der Waals surface area contributed by atoms with E-state index in [-0.39, 0.29) is 17.3 Å². The molecule has 1 N–H and O–H groups in total. The van der Waals surface area contributed by atoms with Gasteiger partial charge in [0.1, 0.15) is 0 Å². The zero-order valence-corrected chi connectivity index (χ0v) is 23.6. The molecule has 0 saturated carbocycles. The van der Waals surface area contributed by atoms with Crippen molar-refractivity contribution in [2.75, 3.05) is 17.4 Å². The highest BCUT2D eigenvalue weighted by atomic mass is 32.2. The number of likely N-dealkylation sites (tertiary alicyclic amines) is 1. The molecule has 4 aromatic rings. The number of para-hydroxylation sites is 1. The summed E-state index contributed by atoms with van der Waals surface area (Å²) in [6, 6.07) is 31.4. The molecule has 0 aliphatic carbocycles. The van der Waals surface area contributed by atoms with Crippen LogP contribution in [0.4, 0.5) is 5.69 Å². The van der Waals surface area contributed by atoms with E-state index >= 15 is 0 Å². The lowest BCUT2D eigenvalue weighted by Crippen LogP contribution is -2.33. The second kappa shape index (κ2) is 12.5. The highest BCUT2D eigenvalue weighted by molar-refractivity contribution is 7.92. The number of aryl methyl sites for hydroxylation is 1. The van der Waals surface area contributed by atoms with Gasteiger partial charge in [-0.05, 0) is 73.8 Å². The van der Waals surface area contributed by atoms with E-state index in [0.717, 1.165) is 36.3 Å². The fourth-order valence-corrected chi connectivity index (χ4v) is 6.48. The van der Waals surface area contributed by atoms with Crippen LogP contribution in [0.25, 0.3) is 0 Å². The van der Waals surface area contributed by atoms with Crippen LogP contribution in [-0.2, 0) is 29.7 Å². The van der Waals surface area contributed by atoms with Crippen LogP contribution in [0.1, 0.15) is 45.5 Å². The number of benzene rings is 4. The van der Waals surface area contributed by atoms with Gasteiger partial charge < -0.3 is 5.32 Å². The lowest BCUT2D eigenvalue weighted by Gasteiger charge is -2.26. The Balaban J connectivity index is 1.38. The van der Waals surface area contributed by atoms with Gasteiger partial charge in [0.25, 0.3) is 15.9 Å². The minimum atomic E-state index is -3.96. The molecule has 6 nitrogen and oxygen atoms in total. The molecule has 7 heteroatoms. The first-order valence-corrected chi connectivity index (χ1v) is 15.1. The van der Waals surface area contributed by atoms with Gasteiger partial charge in [-0.25, -0.2) is 8.42 Å². The molecule has 40 heavy (non-hydrogen) atoms. The average Bonchev–Trinajstić information content (AvgIpc) is 3.49. The summed E-state index contributed by atoms with van der Waals surface area (Å²) in [5, 5.41) is 2.99. The Bertz CT molecular complexity index is 1530. The van der Waals surface area contributed by atoms with Crippen LogP contribution in [0.3, 0.4) is 0 Å². The minimum Gasteiger partial charge on any atom is -0.348 e. The Kier molecular flexibility index (Phi) is 8.63. The summed E-state index contributed by atoms with van der Waals surface area (Å²) in [5.41, 5.74) is 4.69. The fourth-order valence-electron chi connectivity index (χ4n) is 5.01. The number of anilines is 1. The van der Waals surface area contributed by atoms with E-state index in [2.05, 4.69) is 22.3 Å². The third-order valence-corrected chi connectivity index (χ3v) is 9.05.